The van der Waals surface area contributed by atoms with Crippen LogP contribution in [0.4, 0.5) is 0 Å². The second-order valence-corrected chi connectivity index (χ2v) is 3.20. The van der Waals surface area contributed by atoms with Gasteiger partial charge >= 0.3 is 0 Å². The van der Waals surface area contributed by atoms with E-state index in [1.165, 1.54) is 4.88 Å². The third-order valence-corrected chi connectivity index (χ3v) is 2.27. The highest BCUT2D eigenvalue weighted by atomic mass is 32.1. The third-order valence-electron chi connectivity index (χ3n) is 1.43. The van der Waals surface area contributed by atoms with E-state index in [-0.39, 0.29) is 0 Å². The molecule has 0 aliphatic rings. The van der Waals surface area contributed by atoms with Crippen LogP contribution >= 0.6 is 11.3 Å². The van der Waals surface area contributed by atoms with Crippen LogP contribution in [0.1, 0.15) is 0 Å². The average Bonchev–Trinajstić information content (AvgIpc) is 2.55. The van der Waals surface area contributed by atoms with Gasteiger partial charge in [-0.1, -0.05) is 0 Å². The Morgan fingerprint density at radius 2 is 2.55 bits per heavy atom. The Labute approximate surface area is 69.1 Å². The Kier molecular flexibility index (Phi) is 1.51. The molecule has 2 aromatic heterocycles. The molecule has 0 spiro atoms. The highest BCUT2D eigenvalue weighted by Gasteiger charge is 1.99. The SMILES string of the molecule is Cn1ccc(-c2c[c]cs2)n1. The van der Waals surface area contributed by atoms with Gasteiger partial charge in [0.2, 0.25) is 0 Å². The van der Waals surface area contributed by atoms with Gasteiger partial charge in [-0.3, -0.25) is 4.68 Å². The molecule has 0 aliphatic carbocycles. The van der Waals surface area contributed by atoms with Gasteiger partial charge in [0.05, 0.1) is 4.88 Å². The Morgan fingerprint density at radius 3 is 3.09 bits per heavy atom. The summed E-state index contributed by atoms with van der Waals surface area (Å²) < 4.78 is 1.80. The van der Waals surface area contributed by atoms with E-state index in [9.17, 15) is 0 Å². The first kappa shape index (κ1) is 6.61. The molecule has 2 rings (SSSR count). The van der Waals surface area contributed by atoms with Crippen LogP contribution in [-0.4, -0.2) is 9.78 Å². The molecule has 2 heterocycles. The van der Waals surface area contributed by atoms with Gasteiger partial charge in [0.15, 0.2) is 0 Å². The van der Waals surface area contributed by atoms with Gasteiger partial charge < -0.3 is 0 Å². The first-order valence-electron chi connectivity index (χ1n) is 3.31. The molecule has 0 aliphatic heterocycles. The van der Waals surface area contributed by atoms with Crippen LogP contribution in [0.25, 0.3) is 10.6 Å². The molecule has 0 bridgehead atoms. The summed E-state index contributed by atoms with van der Waals surface area (Å²) in [7, 11) is 1.92. The van der Waals surface area contributed by atoms with Crippen molar-refractivity contribution in [3.63, 3.8) is 0 Å². The number of nitrogens with zero attached hydrogens (tertiary/aromatic N) is 2. The molecule has 11 heavy (non-hydrogen) atoms. The smallest absolute Gasteiger partial charge is 0.102 e. The molecule has 0 N–H and O–H groups in total. The number of hydrogen-bond acceptors (Lipinski definition) is 2. The lowest BCUT2D eigenvalue weighted by atomic mass is 10.4. The molecule has 0 unspecified atom stereocenters. The van der Waals surface area contributed by atoms with Crippen molar-refractivity contribution in [1.29, 1.82) is 0 Å². The zero-order valence-corrected chi connectivity index (χ0v) is 6.93. The summed E-state index contributed by atoms with van der Waals surface area (Å²) in [6.45, 7) is 0. The Bertz CT molecular complexity index is 335. The van der Waals surface area contributed by atoms with Crippen LogP contribution < -0.4 is 0 Å². The molecule has 55 valence electrons. The zero-order chi connectivity index (χ0) is 7.68. The number of aryl methyl sites for hydroxylation is 1. The summed E-state index contributed by atoms with van der Waals surface area (Å²) in [5.41, 5.74) is 1.03. The molecule has 1 radical (unpaired) electrons. The molecular weight excluding hydrogens is 156 g/mol. The summed E-state index contributed by atoms with van der Waals surface area (Å²) in [4.78, 5) is 1.17. The van der Waals surface area contributed by atoms with Crippen LogP contribution in [0.3, 0.4) is 0 Å². The van der Waals surface area contributed by atoms with Gasteiger partial charge in [0, 0.05) is 13.2 Å². The standard InChI is InChI=1S/C8H7N2S/c1-10-5-4-7(9-10)8-3-2-6-11-8/h3-6H,1H3. The molecular formula is C8H7N2S. The van der Waals surface area contributed by atoms with Gasteiger partial charge in [0.1, 0.15) is 5.69 Å². The summed E-state index contributed by atoms with van der Waals surface area (Å²) >= 11 is 1.66. The van der Waals surface area contributed by atoms with Crippen molar-refractivity contribution in [1.82, 2.24) is 9.78 Å². The first-order chi connectivity index (χ1) is 5.36. The number of rotatable bonds is 1. The van der Waals surface area contributed by atoms with Crippen molar-refractivity contribution in [3.8, 4) is 10.6 Å². The van der Waals surface area contributed by atoms with Crippen molar-refractivity contribution >= 4 is 11.3 Å². The highest BCUT2D eigenvalue weighted by molar-refractivity contribution is 7.13. The quantitative estimate of drug-likeness (QED) is 0.628. The van der Waals surface area contributed by atoms with Crippen molar-refractivity contribution in [3.05, 3.63) is 29.8 Å². The molecule has 2 nitrogen and oxygen atoms in total. The fourth-order valence-corrected chi connectivity index (χ4v) is 1.55. The highest BCUT2D eigenvalue weighted by Crippen LogP contribution is 2.21. The van der Waals surface area contributed by atoms with Crippen LogP contribution in [0.2, 0.25) is 0 Å². The molecule has 0 saturated heterocycles. The minimum absolute atomic E-state index is 1.03. The Hall–Kier alpha value is -1.09. The van der Waals surface area contributed by atoms with E-state index in [1.54, 1.807) is 16.0 Å². The number of hydrogen-bond donors (Lipinski definition) is 0. The second-order valence-electron chi connectivity index (χ2n) is 2.29. The molecule has 0 fully saturated rings. The lowest BCUT2D eigenvalue weighted by molar-refractivity contribution is 0.771. The van der Waals surface area contributed by atoms with Crippen molar-refractivity contribution in [2.45, 2.75) is 0 Å². The van der Waals surface area contributed by atoms with Crippen LogP contribution in [0, 0.1) is 6.07 Å². The zero-order valence-electron chi connectivity index (χ0n) is 6.11. The van der Waals surface area contributed by atoms with E-state index >= 15 is 0 Å². The minimum Gasteiger partial charge on any atom is -0.275 e. The van der Waals surface area contributed by atoms with E-state index in [0.717, 1.165) is 5.69 Å². The van der Waals surface area contributed by atoms with E-state index in [0.29, 0.717) is 0 Å². The third kappa shape index (κ3) is 1.19. The normalized spacial score (nSPS) is 10.3. The lowest BCUT2D eigenvalue weighted by Crippen LogP contribution is -1.86. The monoisotopic (exact) mass is 163 g/mol. The maximum atomic E-state index is 4.26. The van der Waals surface area contributed by atoms with Gasteiger partial charge in [-0.25, -0.2) is 0 Å². The molecule has 0 aromatic carbocycles. The van der Waals surface area contributed by atoms with Crippen molar-refractivity contribution in [2.24, 2.45) is 7.05 Å². The summed E-state index contributed by atoms with van der Waals surface area (Å²) in [6, 6.07) is 6.96. The van der Waals surface area contributed by atoms with Crippen LogP contribution in [0.5, 0.6) is 0 Å². The number of thiophene rings is 1. The van der Waals surface area contributed by atoms with Gasteiger partial charge in [-0.05, 0) is 23.6 Å². The van der Waals surface area contributed by atoms with Crippen molar-refractivity contribution in [2.75, 3.05) is 0 Å². The Balaban J connectivity index is 2.45. The van der Waals surface area contributed by atoms with Gasteiger partial charge in [0.25, 0.3) is 0 Å². The van der Waals surface area contributed by atoms with Gasteiger partial charge in [-0.2, -0.15) is 5.10 Å². The van der Waals surface area contributed by atoms with Crippen LogP contribution in [-0.2, 0) is 7.05 Å². The first-order valence-corrected chi connectivity index (χ1v) is 4.19. The minimum atomic E-state index is 1.03. The lowest BCUT2D eigenvalue weighted by Gasteiger charge is -1.86. The summed E-state index contributed by atoms with van der Waals surface area (Å²) in [5.74, 6) is 0. The van der Waals surface area contributed by atoms with Crippen LogP contribution in [0.15, 0.2) is 23.7 Å². The fourth-order valence-electron chi connectivity index (χ4n) is 0.922. The Morgan fingerprint density at radius 1 is 1.64 bits per heavy atom. The fraction of sp³-hybridized carbons (Fsp3) is 0.125. The molecule has 0 saturated carbocycles. The summed E-state index contributed by atoms with van der Waals surface area (Å²) in [5, 5.41) is 6.19. The largest absolute Gasteiger partial charge is 0.275 e. The van der Waals surface area contributed by atoms with Crippen molar-refractivity contribution < 1.29 is 0 Å². The van der Waals surface area contributed by atoms with E-state index in [1.807, 2.05) is 30.8 Å². The van der Waals surface area contributed by atoms with E-state index < -0.39 is 0 Å². The van der Waals surface area contributed by atoms with E-state index in [2.05, 4.69) is 11.2 Å². The number of aromatic nitrogens is 2. The van der Waals surface area contributed by atoms with E-state index in [4.69, 9.17) is 0 Å². The predicted octanol–water partition coefficient (Wildman–Crippen LogP) is 1.95. The summed E-state index contributed by atoms with van der Waals surface area (Å²) in [6.07, 6.45) is 1.94. The molecule has 0 amide bonds. The second kappa shape index (κ2) is 2.51. The molecule has 3 heteroatoms. The molecule has 0 atom stereocenters. The predicted molar refractivity (Wildman–Crippen MR) is 45.4 cm³/mol. The van der Waals surface area contributed by atoms with Gasteiger partial charge in [-0.15, -0.1) is 11.3 Å². The molecule has 2 aromatic rings. The average molecular weight is 163 g/mol. The maximum absolute atomic E-state index is 4.26. The maximum Gasteiger partial charge on any atom is 0.102 e. The topological polar surface area (TPSA) is 17.8 Å².